The zero-order chi connectivity index (χ0) is 22.5. The molecule has 32 heavy (non-hydrogen) atoms. The molecule has 0 aliphatic heterocycles. The second-order valence-electron chi connectivity index (χ2n) is 7.33. The maximum atomic E-state index is 11.3. The van der Waals surface area contributed by atoms with Crippen molar-refractivity contribution >= 4 is 16.9 Å². The van der Waals surface area contributed by atoms with Gasteiger partial charge in [-0.05, 0) is 43.7 Å². The summed E-state index contributed by atoms with van der Waals surface area (Å²) < 4.78 is 16.9. The molecular weight excluding hydrogens is 408 g/mol. The van der Waals surface area contributed by atoms with Crippen molar-refractivity contribution in [1.29, 1.82) is 0 Å². The van der Waals surface area contributed by atoms with E-state index in [1.807, 2.05) is 55.5 Å². The lowest BCUT2D eigenvalue weighted by molar-refractivity contribution is -0.149. The first-order valence-electron chi connectivity index (χ1n) is 10.4. The molecule has 0 unspecified atom stereocenters. The molecule has 0 amide bonds. The second kappa shape index (κ2) is 9.62. The summed E-state index contributed by atoms with van der Waals surface area (Å²) in [5.74, 6) is 0.820. The highest BCUT2D eigenvalue weighted by Crippen LogP contribution is 2.24. The Labute approximate surface area is 185 Å². The van der Waals surface area contributed by atoms with Crippen LogP contribution < -0.4 is 4.74 Å². The number of para-hydroxylation sites is 1. The monoisotopic (exact) mass is 432 g/mol. The van der Waals surface area contributed by atoms with Gasteiger partial charge in [0.15, 0.2) is 6.10 Å². The van der Waals surface area contributed by atoms with Gasteiger partial charge in [0.2, 0.25) is 5.89 Å². The van der Waals surface area contributed by atoms with E-state index >= 15 is 0 Å². The number of carboxylic acids is 1. The smallest absolute Gasteiger partial charge is 0.333 e. The number of aromatic nitrogens is 2. The van der Waals surface area contributed by atoms with E-state index < -0.39 is 12.1 Å². The van der Waals surface area contributed by atoms with E-state index in [0.717, 1.165) is 16.5 Å². The van der Waals surface area contributed by atoms with Crippen molar-refractivity contribution in [2.45, 2.75) is 33.0 Å². The average molecular weight is 432 g/mol. The van der Waals surface area contributed by atoms with E-state index in [0.29, 0.717) is 41.8 Å². The van der Waals surface area contributed by atoms with E-state index in [4.69, 9.17) is 13.9 Å². The van der Waals surface area contributed by atoms with Gasteiger partial charge in [0, 0.05) is 18.4 Å². The van der Waals surface area contributed by atoms with Crippen LogP contribution in [-0.2, 0) is 22.6 Å². The van der Waals surface area contributed by atoms with Crippen LogP contribution >= 0.6 is 0 Å². The summed E-state index contributed by atoms with van der Waals surface area (Å²) in [5, 5.41) is 10.3. The van der Waals surface area contributed by atoms with Gasteiger partial charge >= 0.3 is 5.97 Å². The van der Waals surface area contributed by atoms with E-state index in [-0.39, 0.29) is 6.61 Å². The molecule has 1 atom stereocenters. The predicted molar refractivity (Wildman–Crippen MR) is 120 cm³/mol. The maximum Gasteiger partial charge on any atom is 0.333 e. The van der Waals surface area contributed by atoms with Crippen LogP contribution in [0.3, 0.4) is 0 Å². The third-order valence-corrected chi connectivity index (χ3v) is 5.07. The summed E-state index contributed by atoms with van der Waals surface area (Å²) in [5.41, 5.74) is 3.11. The number of benzene rings is 2. The number of aliphatic carboxylic acids is 1. The van der Waals surface area contributed by atoms with Crippen molar-refractivity contribution in [3.63, 3.8) is 0 Å². The Kier molecular flexibility index (Phi) is 6.47. The van der Waals surface area contributed by atoms with Gasteiger partial charge in [-0.2, -0.15) is 0 Å². The maximum absolute atomic E-state index is 11.3. The van der Waals surface area contributed by atoms with Gasteiger partial charge in [-0.15, -0.1) is 0 Å². The summed E-state index contributed by atoms with van der Waals surface area (Å²) >= 11 is 0. The van der Waals surface area contributed by atoms with Crippen LogP contribution in [-0.4, -0.2) is 33.8 Å². The SMILES string of the molecule is CCO[C@H](Cc1ccc(OCc2nc(-c3ccc4ccccc4n3)oc2C)cc1)C(=O)O. The fourth-order valence-corrected chi connectivity index (χ4v) is 3.36. The van der Waals surface area contributed by atoms with Gasteiger partial charge in [-0.1, -0.05) is 36.4 Å². The Morgan fingerprint density at radius 3 is 2.59 bits per heavy atom. The molecule has 2 heterocycles. The molecule has 4 rings (SSSR count). The van der Waals surface area contributed by atoms with E-state index in [2.05, 4.69) is 9.97 Å². The van der Waals surface area contributed by atoms with E-state index in [1.54, 1.807) is 19.1 Å². The summed E-state index contributed by atoms with van der Waals surface area (Å²) in [6.07, 6.45) is -0.555. The number of fused-ring (bicyclic) bond motifs is 1. The van der Waals surface area contributed by atoms with Crippen molar-refractivity contribution in [2.75, 3.05) is 6.61 Å². The van der Waals surface area contributed by atoms with Crippen LogP contribution in [0.2, 0.25) is 0 Å². The number of ether oxygens (including phenoxy) is 2. The molecule has 0 saturated heterocycles. The number of rotatable bonds is 9. The Morgan fingerprint density at radius 2 is 1.84 bits per heavy atom. The predicted octanol–water partition coefficient (Wildman–Crippen LogP) is 4.81. The van der Waals surface area contributed by atoms with Gasteiger partial charge < -0.3 is 19.0 Å². The van der Waals surface area contributed by atoms with Gasteiger partial charge in [-0.3, -0.25) is 0 Å². The molecule has 164 valence electrons. The fraction of sp³-hybridized carbons (Fsp3) is 0.240. The minimum Gasteiger partial charge on any atom is -0.487 e. The van der Waals surface area contributed by atoms with Crippen molar-refractivity contribution in [3.8, 4) is 17.3 Å². The third kappa shape index (κ3) is 4.95. The van der Waals surface area contributed by atoms with Crippen molar-refractivity contribution in [2.24, 2.45) is 0 Å². The van der Waals surface area contributed by atoms with Crippen LogP contribution in [0.5, 0.6) is 5.75 Å². The zero-order valence-corrected chi connectivity index (χ0v) is 17.9. The van der Waals surface area contributed by atoms with Crippen molar-refractivity contribution in [3.05, 3.63) is 77.7 Å². The molecule has 7 nitrogen and oxygen atoms in total. The van der Waals surface area contributed by atoms with Crippen LogP contribution in [0, 0.1) is 6.92 Å². The van der Waals surface area contributed by atoms with E-state index in [1.165, 1.54) is 0 Å². The summed E-state index contributed by atoms with van der Waals surface area (Å²) in [7, 11) is 0. The van der Waals surface area contributed by atoms with Crippen LogP contribution in [0.15, 0.2) is 65.1 Å². The molecule has 1 N–H and O–H groups in total. The first-order valence-corrected chi connectivity index (χ1v) is 10.4. The summed E-state index contributed by atoms with van der Waals surface area (Å²) in [4.78, 5) is 20.4. The number of hydrogen-bond acceptors (Lipinski definition) is 6. The standard InChI is InChI=1S/C25H24N2O5/c1-3-30-23(25(28)29)14-17-8-11-19(12-9-17)31-15-22-16(2)32-24(27-22)21-13-10-18-6-4-5-7-20(18)26-21/h4-13,23H,3,14-15H2,1-2H3,(H,28,29)/t23-/m1/s1. The highest BCUT2D eigenvalue weighted by atomic mass is 16.5. The molecule has 2 aromatic carbocycles. The van der Waals surface area contributed by atoms with Gasteiger partial charge in [0.25, 0.3) is 0 Å². The van der Waals surface area contributed by atoms with Gasteiger partial charge in [-0.25, -0.2) is 14.8 Å². The number of carbonyl (C=O) groups is 1. The highest BCUT2D eigenvalue weighted by molar-refractivity contribution is 5.80. The number of pyridine rings is 1. The lowest BCUT2D eigenvalue weighted by atomic mass is 10.1. The number of nitrogens with zero attached hydrogens (tertiary/aromatic N) is 2. The molecule has 0 radical (unpaired) electrons. The molecule has 0 aliphatic carbocycles. The topological polar surface area (TPSA) is 94.7 Å². The Morgan fingerprint density at radius 1 is 1.06 bits per heavy atom. The first kappa shape index (κ1) is 21.5. The van der Waals surface area contributed by atoms with E-state index in [9.17, 15) is 9.90 Å². The molecular formula is C25H24N2O5. The lowest BCUT2D eigenvalue weighted by Gasteiger charge is -2.12. The molecule has 2 aromatic heterocycles. The summed E-state index contributed by atoms with van der Waals surface area (Å²) in [6, 6.07) is 19.1. The quantitative estimate of drug-likeness (QED) is 0.405. The molecule has 7 heteroatoms. The molecule has 4 aromatic rings. The number of carboxylic acid groups (broad SMARTS) is 1. The van der Waals surface area contributed by atoms with Crippen molar-refractivity contribution < 1.29 is 23.8 Å². The number of hydrogen-bond donors (Lipinski definition) is 1. The highest BCUT2D eigenvalue weighted by Gasteiger charge is 2.18. The van der Waals surface area contributed by atoms with Crippen LogP contribution in [0.4, 0.5) is 0 Å². The van der Waals surface area contributed by atoms with Crippen LogP contribution in [0.25, 0.3) is 22.5 Å². The minimum atomic E-state index is -0.967. The summed E-state index contributed by atoms with van der Waals surface area (Å²) in [6.45, 7) is 4.23. The van der Waals surface area contributed by atoms with Gasteiger partial charge in [0.1, 0.15) is 29.5 Å². The average Bonchev–Trinajstić information content (AvgIpc) is 3.18. The Bertz CT molecular complexity index is 1220. The molecule has 0 bridgehead atoms. The van der Waals surface area contributed by atoms with Crippen LogP contribution in [0.1, 0.15) is 23.9 Å². The number of oxazole rings is 1. The Hall–Kier alpha value is -3.71. The van der Waals surface area contributed by atoms with Gasteiger partial charge in [0.05, 0.1) is 5.52 Å². The Balaban J connectivity index is 1.42. The number of aryl methyl sites for hydroxylation is 1. The molecule has 0 saturated carbocycles. The molecule has 0 fully saturated rings. The molecule has 0 aliphatic rings. The fourth-order valence-electron chi connectivity index (χ4n) is 3.36. The second-order valence-corrected chi connectivity index (χ2v) is 7.33. The first-order chi connectivity index (χ1) is 15.5. The third-order valence-electron chi connectivity index (χ3n) is 5.07. The largest absolute Gasteiger partial charge is 0.487 e. The molecule has 0 spiro atoms. The van der Waals surface area contributed by atoms with Crippen molar-refractivity contribution in [1.82, 2.24) is 9.97 Å². The minimum absolute atomic E-state index is 0.249. The normalized spacial score (nSPS) is 12.1. The zero-order valence-electron chi connectivity index (χ0n) is 17.9. The lowest BCUT2D eigenvalue weighted by Crippen LogP contribution is -2.26.